The zero-order valence-electron chi connectivity index (χ0n) is 9.66. The van der Waals surface area contributed by atoms with Crippen LogP contribution >= 0.6 is 0 Å². The van der Waals surface area contributed by atoms with Crippen LogP contribution in [0.5, 0.6) is 0 Å². The van der Waals surface area contributed by atoms with Crippen molar-refractivity contribution in [2.24, 2.45) is 0 Å². The average Bonchev–Trinajstić information content (AvgIpc) is 2.37. The Morgan fingerprint density at radius 1 is 1.33 bits per heavy atom. The van der Waals surface area contributed by atoms with E-state index in [1.807, 2.05) is 6.92 Å². The van der Waals surface area contributed by atoms with Crippen molar-refractivity contribution in [3.05, 3.63) is 41.6 Å². The predicted molar refractivity (Wildman–Crippen MR) is 63.1 cm³/mol. The molecule has 0 amide bonds. The molecular weight excluding hydrogens is 234 g/mol. The maximum Gasteiger partial charge on any atom is 0.356 e. The highest BCUT2D eigenvalue weighted by atomic mass is 16.4. The van der Waals surface area contributed by atoms with Crippen LogP contribution in [0, 0.1) is 6.92 Å². The maximum absolute atomic E-state index is 10.6. The minimum atomic E-state index is -1.10. The van der Waals surface area contributed by atoms with Crippen LogP contribution in [0.25, 0.3) is 0 Å². The third kappa shape index (κ3) is 2.97. The fourth-order valence-electron chi connectivity index (χ4n) is 1.33. The maximum atomic E-state index is 10.6. The highest BCUT2D eigenvalue weighted by molar-refractivity contribution is 5.85. The number of aromatic nitrogens is 4. The van der Waals surface area contributed by atoms with E-state index in [-0.39, 0.29) is 5.69 Å². The molecule has 7 heteroatoms. The van der Waals surface area contributed by atoms with Gasteiger partial charge in [-0.05, 0) is 25.1 Å². The predicted octanol–water partition coefficient (Wildman–Crippen LogP) is 0.885. The lowest BCUT2D eigenvalue weighted by molar-refractivity contribution is 0.0689. The van der Waals surface area contributed by atoms with E-state index in [0.29, 0.717) is 18.2 Å². The van der Waals surface area contributed by atoms with E-state index < -0.39 is 5.97 Å². The molecule has 0 aromatic carbocycles. The fourth-order valence-corrected chi connectivity index (χ4v) is 1.33. The molecule has 0 spiro atoms. The molecule has 0 aliphatic carbocycles. The van der Waals surface area contributed by atoms with E-state index >= 15 is 0 Å². The van der Waals surface area contributed by atoms with Gasteiger partial charge in [0.2, 0.25) is 0 Å². The summed E-state index contributed by atoms with van der Waals surface area (Å²) in [7, 11) is 0. The van der Waals surface area contributed by atoms with Gasteiger partial charge in [-0.1, -0.05) is 0 Å². The Hall–Kier alpha value is -2.57. The molecule has 0 bridgehead atoms. The number of hydrogen-bond acceptors (Lipinski definition) is 6. The second kappa shape index (κ2) is 5.17. The van der Waals surface area contributed by atoms with Crippen LogP contribution in [0.1, 0.15) is 22.0 Å². The number of rotatable bonds is 4. The molecule has 0 atom stereocenters. The van der Waals surface area contributed by atoms with Gasteiger partial charge < -0.3 is 10.4 Å². The third-order valence-electron chi connectivity index (χ3n) is 2.17. The molecule has 0 saturated heterocycles. The molecule has 0 fully saturated rings. The summed E-state index contributed by atoms with van der Waals surface area (Å²) in [4.78, 5) is 18.8. The molecule has 2 aromatic rings. The summed E-state index contributed by atoms with van der Waals surface area (Å²) in [6.07, 6.45) is 1.68. The van der Waals surface area contributed by atoms with Gasteiger partial charge in [-0.3, -0.25) is 0 Å². The van der Waals surface area contributed by atoms with Crippen molar-refractivity contribution in [2.45, 2.75) is 13.5 Å². The Morgan fingerprint density at radius 3 is 2.78 bits per heavy atom. The number of nitrogens with one attached hydrogen (secondary N) is 1. The lowest BCUT2D eigenvalue weighted by Crippen LogP contribution is -2.07. The molecule has 0 aliphatic rings. The van der Waals surface area contributed by atoms with E-state index in [1.165, 1.54) is 6.07 Å². The molecule has 2 aromatic heterocycles. The van der Waals surface area contributed by atoms with Crippen LogP contribution in [0.4, 0.5) is 5.82 Å². The Bertz CT molecular complexity index is 556. The smallest absolute Gasteiger partial charge is 0.356 e. The lowest BCUT2D eigenvalue weighted by Gasteiger charge is -2.04. The van der Waals surface area contributed by atoms with Crippen LogP contribution in [-0.4, -0.2) is 31.2 Å². The van der Waals surface area contributed by atoms with Crippen LogP contribution in [-0.2, 0) is 6.54 Å². The van der Waals surface area contributed by atoms with E-state index in [1.54, 1.807) is 18.3 Å². The normalized spacial score (nSPS) is 10.1. The van der Waals surface area contributed by atoms with Crippen molar-refractivity contribution >= 4 is 11.8 Å². The highest BCUT2D eigenvalue weighted by Gasteiger charge is 2.04. The summed E-state index contributed by atoms with van der Waals surface area (Å²) in [6.45, 7) is 2.29. The molecule has 92 valence electrons. The Morgan fingerprint density at radius 2 is 2.17 bits per heavy atom. The quantitative estimate of drug-likeness (QED) is 0.824. The van der Waals surface area contributed by atoms with Gasteiger partial charge in [0.25, 0.3) is 0 Å². The van der Waals surface area contributed by atoms with Crippen LogP contribution in [0.2, 0.25) is 0 Å². The van der Waals surface area contributed by atoms with Crippen LogP contribution in [0.3, 0.4) is 0 Å². The highest BCUT2D eigenvalue weighted by Crippen LogP contribution is 2.04. The van der Waals surface area contributed by atoms with E-state index in [9.17, 15) is 4.79 Å². The van der Waals surface area contributed by atoms with E-state index in [2.05, 4.69) is 25.5 Å². The monoisotopic (exact) mass is 245 g/mol. The van der Waals surface area contributed by atoms with Crippen molar-refractivity contribution in [1.82, 2.24) is 20.2 Å². The molecule has 2 heterocycles. The van der Waals surface area contributed by atoms with E-state index in [4.69, 9.17) is 5.11 Å². The molecular formula is C11H11N5O2. The second-order valence-corrected chi connectivity index (χ2v) is 3.56. The molecule has 2 rings (SSSR count). The molecule has 2 N–H and O–H groups in total. The van der Waals surface area contributed by atoms with Crippen molar-refractivity contribution in [3.63, 3.8) is 0 Å². The summed E-state index contributed by atoms with van der Waals surface area (Å²) in [6, 6.07) is 4.74. The first-order valence-corrected chi connectivity index (χ1v) is 5.24. The minimum absolute atomic E-state index is 0.0848. The first-order chi connectivity index (χ1) is 8.65. The summed E-state index contributed by atoms with van der Waals surface area (Å²) in [5.74, 6) is 0.0957. The number of carbonyl (C=O) groups is 1. The number of anilines is 1. The second-order valence-electron chi connectivity index (χ2n) is 3.56. The standard InChI is InChI=1S/C11H11N5O2/c1-7-12-5-4-8(14-7)6-13-10-3-2-9(11(17)18)15-16-10/h2-5H,6H2,1H3,(H,13,16)(H,17,18). The first-order valence-electron chi connectivity index (χ1n) is 5.24. The van der Waals surface area contributed by atoms with Gasteiger partial charge in [0.15, 0.2) is 5.69 Å². The van der Waals surface area contributed by atoms with Gasteiger partial charge in [0.05, 0.1) is 12.2 Å². The van der Waals surface area contributed by atoms with Crippen LogP contribution in [0.15, 0.2) is 24.4 Å². The first kappa shape index (κ1) is 11.9. The fraction of sp³-hybridized carbons (Fsp3) is 0.182. The average molecular weight is 245 g/mol. The summed E-state index contributed by atoms with van der Waals surface area (Å²) in [5.41, 5.74) is 0.741. The van der Waals surface area contributed by atoms with Gasteiger partial charge in [-0.25, -0.2) is 14.8 Å². The van der Waals surface area contributed by atoms with Gasteiger partial charge in [0.1, 0.15) is 11.6 Å². The van der Waals surface area contributed by atoms with Crippen LogP contribution < -0.4 is 5.32 Å². The number of hydrogen-bond donors (Lipinski definition) is 2. The number of nitrogens with zero attached hydrogens (tertiary/aromatic N) is 4. The Labute approximate surface area is 103 Å². The molecule has 0 unspecified atom stereocenters. The van der Waals surface area contributed by atoms with E-state index in [0.717, 1.165) is 5.69 Å². The molecule has 0 saturated carbocycles. The largest absolute Gasteiger partial charge is 0.476 e. The van der Waals surface area contributed by atoms with Crippen molar-refractivity contribution in [3.8, 4) is 0 Å². The summed E-state index contributed by atoms with van der Waals surface area (Å²) < 4.78 is 0. The van der Waals surface area contributed by atoms with Gasteiger partial charge in [0, 0.05) is 6.20 Å². The Balaban J connectivity index is 2.00. The zero-order valence-corrected chi connectivity index (χ0v) is 9.66. The van der Waals surface area contributed by atoms with Gasteiger partial charge >= 0.3 is 5.97 Å². The minimum Gasteiger partial charge on any atom is -0.476 e. The van der Waals surface area contributed by atoms with Crippen molar-refractivity contribution in [1.29, 1.82) is 0 Å². The Kier molecular flexibility index (Phi) is 3.42. The number of carboxylic acids is 1. The van der Waals surface area contributed by atoms with Gasteiger partial charge in [-0.2, -0.15) is 0 Å². The van der Waals surface area contributed by atoms with Crippen molar-refractivity contribution in [2.75, 3.05) is 5.32 Å². The SMILES string of the molecule is Cc1nccc(CNc2ccc(C(=O)O)nn2)n1. The zero-order chi connectivity index (χ0) is 13.0. The summed E-state index contributed by atoms with van der Waals surface area (Å²) in [5, 5.41) is 19.0. The lowest BCUT2D eigenvalue weighted by atomic mass is 10.3. The number of aryl methyl sites for hydroxylation is 1. The van der Waals surface area contributed by atoms with Crippen molar-refractivity contribution < 1.29 is 9.90 Å². The number of aromatic carboxylic acids is 1. The van der Waals surface area contributed by atoms with Gasteiger partial charge in [-0.15, -0.1) is 10.2 Å². The third-order valence-corrected chi connectivity index (χ3v) is 2.17. The summed E-state index contributed by atoms with van der Waals surface area (Å²) >= 11 is 0. The molecule has 7 nitrogen and oxygen atoms in total. The molecule has 0 aliphatic heterocycles. The molecule has 18 heavy (non-hydrogen) atoms. The topological polar surface area (TPSA) is 101 Å². The molecule has 0 radical (unpaired) electrons. The number of carboxylic acid groups (broad SMARTS) is 1.